The molecule has 1 aromatic heterocycles. The molecule has 0 saturated heterocycles. The number of ether oxygens (including phenoxy) is 1. The van der Waals surface area contributed by atoms with Gasteiger partial charge in [0.25, 0.3) is 0 Å². The van der Waals surface area contributed by atoms with Gasteiger partial charge in [0, 0.05) is 24.0 Å². The van der Waals surface area contributed by atoms with Crippen LogP contribution in [0.3, 0.4) is 0 Å². The topological polar surface area (TPSA) is 135 Å². The van der Waals surface area contributed by atoms with Crippen molar-refractivity contribution >= 4 is 23.8 Å². The van der Waals surface area contributed by atoms with Gasteiger partial charge in [0.05, 0.1) is 28.6 Å². The second-order valence-electron chi connectivity index (χ2n) is 20.4. The molecule has 1 heterocycles. The smallest absolute Gasteiger partial charge is 0.316 e. The van der Waals surface area contributed by atoms with Crippen LogP contribution in [0.5, 0.6) is 0 Å². The lowest BCUT2D eigenvalue weighted by Crippen LogP contribution is -2.65. The number of carbonyl (C=O) groups excluding carboxylic acids is 3. The lowest BCUT2D eigenvalue weighted by Gasteiger charge is -2.70. The number of ketones is 1. The second-order valence-corrected chi connectivity index (χ2v) is 20.4. The first kappa shape index (κ1) is 38.1. The Morgan fingerprint density at radius 3 is 2.23 bits per heavy atom. The molecule has 3 unspecified atom stereocenters. The fourth-order valence-electron chi connectivity index (χ4n) is 13.1. The Hall–Kier alpha value is -3.23. The maximum atomic E-state index is 14.1. The number of esters is 1. The first-order valence-corrected chi connectivity index (χ1v) is 20.4. The van der Waals surface area contributed by atoms with E-state index in [1.54, 1.807) is 20.0 Å². The molecule has 1 aromatic rings. The molecule has 0 radical (unpaired) electrons. The molecule has 290 valence electrons. The summed E-state index contributed by atoms with van der Waals surface area (Å²) in [6.45, 7) is 19.5. The van der Waals surface area contributed by atoms with Crippen LogP contribution in [-0.4, -0.2) is 45.5 Å². The van der Waals surface area contributed by atoms with Crippen LogP contribution < -0.4 is 10.6 Å². The average molecular weight is 730 g/mol. The van der Waals surface area contributed by atoms with E-state index in [0.29, 0.717) is 18.3 Å². The normalized spacial score (nSPS) is 38.2. The number of carboxylic acid groups (broad SMARTS) is 1. The summed E-state index contributed by atoms with van der Waals surface area (Å²) < 4.78 is 6.16. The molecule has 7 rings (SSSR count). The number of urea groups is 1. The zero-order valence-corrected chi connectivity index (χ0v) is 33.6. The summed E-state index contributed by atoms with van der Waals surface area (Å²) in [5.41, 5.74) is 0.922. The first-order chi connectivity index (χ1) is 24.7. The predicted molar refractivity (Wildman–Crippen MR) is 202 cm³/mol. The molecule has 6 aliphatic carbocycles. The van der Waals surface area contributed by atoms with Crippen molar-refractivity contribution in [2.75, 3.05) is 0 Å². The van der Waals surface area contributed by atoms with Crippen molar-refractivity contribution in [3.63, 3.8) is 0 Å². The molecule has 2 amide bonds. The number of nitrogens with one attached hydrogen (secondary N) is 2. The van der Waals surface area contributed by atoms with E-state index in [0.717, 1.165) is 69.9 Å². The fourth-order valence-corrected chi connectivity index (χ4v) is 13.1. The fraction of sp³-hybridized carbons (Fsp3) is 0.750. The maximum absolute atomic E-state index is 14.1. The van der Waals surface area contributed by atoms with E-state index < -0.39 is 28.4 Å². The van der Waals surface area contributed by atoms with E-state index in [4.69, 9.17) is 4.74 Å². The van der Waals surface area contributed by atoms with Crippen molar-refractivity contribution in [3.8, 4) is 0 Å². The minimum atomic E-state index is -1.17. The van der Waals surface area contributed by atoms with Crippen molar-refractivity contribution < 1.29 is 29.0 Å². The van der Waals surface area contributed by atoms with Gasteiger partial charge in [-0.15, -0.1) is 0 Å². The number of Topliss-reactive ketones (excluding diaryl/α,β-unsaturated/α-hetero) is 1. The lowest BCUT2D eigenvalue weighted by molar-refractivity contribution is -0.214. The van der Waals surface area contributed by atoms with E-state index in [-0.39, 0.29) is 57.8 Å². The molecule has 9 nitrogen and oxygen atoms in total. The van der Waals surface area contributed by atoms with Crippen LogP contribution >= 0.6 is 0 Å². The largest absolute Gasteiger partial charge is 0.481 e. The second kappa shape index (κ2) is 12.4. The number of hydrogen-bond acceptors (Lipinski definition) is 6. The monoisotopic (exact) mass is 729 g/mol. The van der Waals surface area contributed by atoms with E-state index in [9.17, 15) is 24.3 Å². The van der Waals surface area contributed by atoms with Crippen LogP contribution in [-0.2, 0) is 24.7 Å². The SMILES string of the molecule is CC(C)C1C(=O)C[C@]2(NC(=O)NC3(c4ccccn4)CC3)CC[C@]3(C)C(=C12)CCC1[C@@]2(C)CC[C@H](OC(=O)CC(C)(C)C(=O)O)C(C)(C)C2CC[C@]13C. The Balaban J connectivity index is 1.18. The summed E-state index contributed by atoms with van der Waals surface area (Å²) >= 11 is 0. The summed E-state index contributed by atoms with van der Waals surface area (Å²) in [5, 5.41) is 16.4. The molecular weight excluding hydrogens is 666 g/mol. The number of hydrogen-bond donors (Lipinski definition) is 3. The number of aromatic nitrogens is 1. The summed E-state index contributed by atoms with van der Waals surface area (Å²) in [6, 6.07) is 5.64. The van der Waals surface area contributed by atoms with Crippen LogP contribution in [0.2, 0.25) is 0 Å². The highest BCUT2D eigenvalue weighted by atomic mass is 16.5. The Morgan fingerprint density at radius 1 is 0.925 bits per heavy atom. The summed E-state index contributed by atoms with van der Waals surface area (Å²) in [4.78, 5) is 57.5. The summed E-state index contributed by atoms with van der Waals surface area (Å²) in [7, 11) is 0. The molecule has 0 aliphatic heterocycles. The Labute approximate surface area is 316 Å². The highest BCUT2D eigenvalue weighted by molar-refractivity contribution is 5.93. The van der Waals surface area contributed by atoms with Gasteiger partial charge in [0.15, 0.2) is 0 Å². The van der Waals surface area contributed by atoms with Crippen LogP contribution in [0, 0.1) is 50.7 Å². The molecule has 0 bridgehead atoms. The number of nitrogens with zero attached hydrogens (tertiary/aromatic N) is 1. The van der Waals surface area contributed by atoms with Crippen LogP contribution in [0.1, 0.15) is 145 Å². The van der Waals surface area contributed by atoms with E-state index >= 15 is 0 Å². The number of rotatable bonds is 8. The van der Waals surface area contributed by atoms with E-state index in [1.807, 2.05) is 18.2 Å². The van der Waals surface area contributed by atoms with E-state index in [2.05, 4.69) is 64.1 Å². The number of pyridine rings is 1. The maximum Gasteiger partial charge on any atom is 0.316 e. The minimum absolute atomic E-state index is 0.00255. The van der Waals surface area contributed by atoms with Gasteiger partial charge in [-0.1, -0.05) is 60.1 Å². The number of fused-ring (bicyclic) bond motifs is 6. The zero-order valence-electron chi connectivity index (χ0n) is 33.6. The van der Waals surface area contributed by atoms with Gasteiger partial charge in [-0.2, -0.15) is 0 Å². The highest BCUT2D eigenvalue weighted by Gasteiger charge is 2.69. The van der Waals surface area contributed by atoms with Crippen molar-refractivity contribution in [1.29, 1.82) is 0 Å². The van der Waals surface area contributed by atoms with Gasteiger partial charge in [-0.3, -0.25) is 19.4 Å². The van der Waals surface area contributed by atoms with Gasteiger partial charge in [0.2, 0.25) is 0 Å². The van der Waals surface area contributed by atoms with Crippen molar-refractivity contribution in [3.05, 3.63) is 41.2 Å². The van der Waals surface area contributed by atoms with Crippen molar-refractivity contribution in [1.82, 2.24) is 15.6 Å². The molecule has 53 heavy (non-hydrogen) atoms. The Kier molecular flexibility index (Phi) is 8.90. The van der Waals surface area contributed by atoms with Crippen LogP contribution in [0.25, 0.3) is 0 Å². The van der Waals surface area contributed by atoms with Crippen LogP contribution in [0.4, 0.5) is 4.79 Å². The molecule has 5 fully saturated rings. The third-order valence-corrected chi connectivity index (χ3v) is 16.3. The third kappa shape index (κ3) is 5.70. The molecular formula is C44H63N3O6. The quantitative estimate of drug-likeness (QED) is 0.180. The number of allylic oxidation sites excluding steroid dienone is 1. The van der Waals surface area contributed by atoms with Gasteiger partial charge in [-0.05, 0) is 130 Å². The standard InChI is InChI=1S/C44H63N3O6/c1-26(2)34-28(48)24-44(47-37(52)46-43(21-22-43)31-12-10-11-23-45-31)20-19-41(8)27(35(34)44)13-14-30-40(7)17-16-32(53-33(49)25-38(3,4)36(50)51)39(5,6)29(40)15-18-42(30,41)9/h10-12,23,26,29-30,32,34H,13-22,24-25H2,1-9H3,(H,50,51)(H2,46,47,52)/t29?,30?,32-,34?,40-,41+,42+,44+/m0/s1. The van der Waals surface area contributed by atoms with Gasteiger partial charge in [0.1, 0.15) is 11.9 Å². The Morgan fingerprint density at radius 2 is 1.60 bits per heavy atom. The number of amides is 2. The summed E-state index contributed by atoms with van der Waals surface area (Å²) in [6.07, 6.45) is 10.9. The minimum Gasteiger partial charge on any atom is -0.481 e. The third-order valence-electron chi connectivity index (χ3n) is 16.3. The zero-order chi connectivity index (χ0) is 38.6. The summed E-state index contributed by atoms with van der Waals surface area (Å²) in [5.74, 6) is -0.422. The molecule has 6 aliphatic rings. The molecule has 8 atom stereocenters. The van der Waals surface area contributed by atoms with Gasteiger partial charge < -0.3 is 20.5 Å². The van der Waals surface area contributed by atoms with E-state index in [1.165, 1.54) is 11.1 Å². The van der Waals surface area contributed by atoms with Crippen molar-refractivity contribution in [2.24, 2.45) is 50.7 Å². The first-order valence-electron chi connectivity index (χ1n) is 20.4. The van der Waals surface area contributed by atoms with Crippen molar-refractivity contribution in [2.45, 2.75) is 157 Å². The number of carbonyl (C=O) groups is 4. The lowest BCUT2D eigenvalue weighted by atomic mass is 9.34. The number of aliphatic carboxylic acids is 1. The van der Waals surface area contributed by atoms with Gasteiger partial charge >= 0.3 is 18.0 Å². The molecule has 3 N–H and O–H groups in total. The molecule has 5 saturated carbocycles. The molecule has 9 heteroatoms. The number of carboxylic acids is 1. The molecule has 0 spiro atoms. The average Bonchev–Trinajstić information content (AvgIpc) is 3.78. The predicted octanol–water partition coefficient (Wildman–Crippen LogP) is 8.52. The molecule has 0 aromatic carbocycles. The van der Waals surface area contributed by atoms with Crippen LogP contribution in [0.15, 0.2) is 35.5 Å². The van der Waals surface area contributed by atoms with Gasteiger partial charge in [-0.25, -0.2) is 4.79 Å². The highest BCUT2D eigenvalue weighted by Crippen LogP contribution is 2.75. The Bertz CT molecular complexity index is 1730.